The minimum atomic E-state index is -0.431. The van der Waals surface area contributed by atoms with Crippen molar-refractivity contribution in [2.75, 3.05) is 13.7 Å². The van der Waals surface area contributed by atoms with Gasteiger partial charge < -0.3 is 15.2 Å². The van der Waals surface area contributed by atoms with Crippen LogP contribution < -0.4 is 10.1 Å². The van der Waals surface area contributed by atoms with Crippen LogP contribution in [0, 0.1) is 5.82 Å². The average Bonchev–Trinajstić information content (AvgIpc) is 2.74. The Bertz CT molecular complexity index is 362. The molecule has 0 bridgehead atoms. The van der Waals surface area contributed by atoms with Crippen molar-refractivity contribution in [2.45, 2.75) is 18.9 Å². The summed E-state index contributed by atoms with van der Waals surface area (Å²) in [5.74, 6) is -0.263. The van der Waals surface area contributed by atoms with Gasteiger partial charge in [-0.25, -0.2) is 4.39 Å². The van der Waals surface area contributed by atoms with Crippen LogP contribution in [0.25, 0.3) is 0 Å². The van der Waals surface area contributed by atoms with E-state index in [1.54, 1.807) is 0 Å². The van der Waals surface area contributed by atoms with Gasteiger partial charge in [0.2, 0.25) is 0 Å². The number of hydrogen-bond donors (Lipinski definition) is 2. The first-order valence-corrected chi connectivity index (χ1v) is 5.02. The van der Waals surface area contributed by atoms with Crippen molar-refractivity contribution >= 4 is 0 Å². The van der Waals surface area contributed by atoms with Crippen LogP contribution in [0.5, 0.6) is 11.5 Å². The minimum Gasteiger partial charge on any atom is -0.507 e. The summed E-state index contributed by atoms with van der Waals surface area (Å²) in [6.07, 6.45) is 1.98. The third kappa shape index (κ3) is 1.90. The van der Waals surface area contributed by atoms with Crippen molar-refractivity contribution in [1.82, 2.24) is 5.32 Å². The molecule has 1 aromatic carbocycles. The normalized spacial score (nSPS) is 20.5. The molecule has 82 valence electrons. The largest absolute Gasteiger partial charge is 0.507 e. The molecule has 0 aliphatic carbocycles. The summed E-state index contributed by atoms with van der Waals surface area (Å²) in [4.78, 5) is 0. The van der Waals surface area contributed by atoms with Crippen molar-refractivity contribution in [2.24, 2.45) is 0 Å². The van der Waals surface area contributed by atoms with Crippen LogP contribution in [-0.2, 0) is 0 Å². The molecule has 1 heterocycles. The van der Waals surface area contributed by atoms with Gasteiger partial charge in [0.05, 0.1) is 7.11 Å². The maximum absolute atomic E-state index is 13.4. The van der Waals surface area contributed by atoms with E-state index in [1.165, 1.54) is 19.2 Å². The van der Waals surface area contributed by atoms with Gasteiger partial charge in [-0.1, -0.05) is 0 Å². The SMILES string of the molecule is COc1cc(O)c(C2CCCN2)cc1F. The number of methoxy groups -OCH3 is 1. The van der Waals surface area contributed by atoms with E-state index in [-0.39, 0.29) is 17.5 Å². The second kappa shape index (κ2) is 4.06. The Balaban J connectivity index is 2.35. The van der Waals surface area contributed by atoms with Gasteiger partial charge in [-0.15, -0.1) is 0 Å². The third-order valence-electron chi connectivity index (χ3n) is 2.74. The van der Waals surface area contributed by atoms with E-state index in [1.807, 2.05) is 0 Å². The Morgan fingerprint density at radius 3 is 2.93 bits per heavy atom. The molecule has 0 spiro atoms. The number of halogens is 1. The highest BCUT2D eigenvalue weighted by molar-refractivity contribution is 5.42. The van der Waals surface area contributed by atoms with Crippen molar-refractivity contribution in [3.63, 3.8) is 0 Å². The van der Waals surface area contributed by atoms with Crippen LogP contribution >= 0.6 is 0 Å². The van der Waals surface area contributed by atoms with E-state index in [4.69, 9.17) is 4.74 Å². The summed E-state index contributed by atoms with van der Waals surface area (Å²) in [5, 5.41) is 12.9. The molecule has 0 radical (unpaired) electrons. The second-order valence-electron chi connectivity index (χ2n) is 3.69. The summed E-state index contributed by atoms with van der Waals surface area (Å²) < 4.78 is 18.2. The summed E-state index contributed by atoms with van der Waals surface area (Å²) in [6.45, 7) is 0.914. The topological polar surface area (TPSA) is 41.5 Å². The molecule has 3 nitrogen and oxygen atoms in total. The van der Waals surface area contributed by atoms with Gasteiger partial charge in [0.1, 0.15) is 5.75 Å². The number of benzene rings is 1. The Morgan fingerprint density at radius 1 is 1.53 bits per heavy atom. The summed E-state index contributed by atoms with van der Waals surface area (Å²) in [7, 11) is 1.38. The van der Waals surface area contributed by atoms with Gasteiger partial charge in [0, 0.05) is 17.7 Å². The van der Waals surface area contributed by atoms with Gasteiger partial charge in [-0.2, -0.15) is 0 Å². The van der Waals surface area contributed by atoms with E-state index in [0.29, 0.717) is 5.56 Å². The van der Waals surface area contributed by atoms with Gasteiger partial charge in [0.15, 0.2) is 11.6 Å². The van der Waals surface area contributed by atoms with Crippen LogP contribution in [0.3, 0.4) is 0 Å². The molecular formula is C11H14FNO2. The number of hydrogen-bond acceptors (Lipinski definition) is 3. The first kappa shape index (κ1) is 10.2. The Kier molecular flexibility index (Phi) is 2.77. The lowest BCUT2D eigenvalue weighted by Gasteiger charge is -2.14. The molecule has 15 heavy (non-hydrogen) atoms. The van der Waals surface area contributed by atoms with Gasteiger partial charge in [-0.3, -0.25) is 0 Å². The highest BCUT2D eigenvalue weighted by atomic mass is 19.1. The molecular weight excluding hydrogens is 197 g/mol. The Morgan fingerprint density at radius 2 is 2.33 bits per heavy atom. The number of rotatable bonds is 2. The summed E-state index contributed by atoms with van der Waals surface area (Å²) >= 11 is 0. The molecule has 1 aromatic rings. The Hall–Kier alpha value is -1.29. The van der Waals surface area contributed by atoms with E-state index in [0.717, 1.165) is 19.4 Å². The molecule has 0 aromatic heterocycles. The van der Waals surface area contributed by atoms with Gasteiger partial charge in [0.25, 0.3) is 0 Å². The van der Waals surface area contributed by atoms with Crippen LogP contribution in [0.4, 0.5) is 4.39 Å². The maximum atomic E-state index is 13.4. The fourth-order valence-electron chi connectivity index (χ4n) is 1.94. The lowest BCUT2D eigenvalue weighted by Crippen LogP contribution is -2.13. The lowest BCUT2D eigenvalue weighted by atomic mass is 10.0. The highest BCUT2D eigenvalue weighted by Crippen LogP contribution is 2.34. The highest BCUT2D eigenvalue weighted by Gasteiger charge is 2.21. The smallest absolute Gasteiger partial charge is 0.165 e. The fraction of sp³-hybridized carbons (Fsp3) is 0.455. The van der Waals surface area contributed by atoms with Crippen LogP contribution in [0.15, 0.2) is 12.1 Å². The molecule has 1 fully saturated rings. The number of ether oxygens (including phenoxy) is 1. The lowest BCUT2D eigenvalue weighted by molar-refractivity contribution is 0.377. The molecule has 2 N–H and O–H groups in total. The molecule has 1 unspecified atom stereocenters. The van der Waals surface area contributed by atoms with E-state index < -0.39 is 5.82 Å². The maximum Gasteiger partial charge on any atom is 0.165 e. The summed E-state index contributed by atoms with van der Waals surface area (Å²) in [6, 6.07) is 2.73. The number of nitrogens with one attached hydrogen (secondary N) is 1. The molecule has 4 heteroatoms. The molecule has 0 amide bonds. The first-order valence-electron chi connectivity index (χ1n) is 5.02. The van der Waals surface area contributed by atoms with E-state index in [2.05, 4.69) is 5.32 Å². The predicted molar refractivity (Wildman–Crippen MR) is 54.6 cm³/mol. The number of phenolic OH excluding ortho intramolecular Hbond substituents is 1. The van der Waals surface area contributed by atoms with Crippen LogP contribution in [0.1, 0.15) is 24.4 Å². The minimum absolute atomic E-state index is 0.0606. The number of phenols is 1. The molecule has 1 atom stereocenters. The average molecular weight is 211 g/mol. The zero-order valence-electron chi connectivity index (χ0n) is 8.59. The molecule has 1 saturated heterocycles. The standard InChI is InChI=1S/C11H14FNO2/c1-15-11-6-10(14)7(5-8(11)12)9-3-2-4-13-9/h5-6,9,13-14H,2-4H2,1H3. The number of aromatic hydroxyl groups is 1. The molecule has 0 saturated carbocycles. The Labute approximate surface area is 87.9 Å². The molecule has 1 aliphatic heterocycles. The predicted octanol–water partition coefficient (Wildman–Crippen LogP) is 1.96. The quantitative estimate of drug-likeness (QED) is 0.785. The van der Waals surface area contributed by atoms with Crippen molar-refractivity contribution in [3.8, 4) is 11.5 Å². The van der Waals surface area contributed by atoms with Gasteiger partial charge in [-0.05, 0) is 25.5 Å². The second-order valence-corrected chi connectivity index (χ2v) is 3.69. The molecule has 1 aliphatic rings. The van der Waals surface area contributed by atoms with Crippen molar-refractivity contribution in [3.05, 3.63) is 23.5 Å². The zero-order chi connectivity index (χ0) is 10.8. The third-order valence-corrected chi connectivity index (χ3v) is 2.74. The van der Waals surface area contributed by atoms with E-state index in [9.17, 15) is 9.50 Å². The van der Waals surface area contributed by atoms with E-state index >= 15 is 0 Å². The monoisotopic (exact) mass is 211 g/mol. The fourth-order valence-corrected chi connectivity index (χ4v) is 1.94. The van der Waals surface area contributed by atoms with Crippen LogP contribution in [0.2, 0.25) is 0 Å². The van der Waals surface area contributed by atoms with Gasteiger partial charge >= 0.3 is 0 Å². The van der Waals surface area contributed by atoms with Crippen molar-refractivity contribution in [1.29, 1.82) is 0 Å². The summed E-state index contributed by atoms with van der Waals surface area (Å²) in [5.41, 5.74) is 0.616. The van der Waals surface area contributed by atoms with Crippen LogP contribution in [-0.4, -0.2) is 18.8 Å². The zero-order valence-corrected chi connectivity index (χ0v) is 8.59. The first-order chi connectivity index (χ1) is 7.22. The molecule has 2 rings (SSSR count). The van der Waals surface area contributed by atoms with Crippen molar-refractivity contribution < 1.29 is 14.2 Å².